The van der Waals surface area contributed by atoms with Crippen LogP contribution in [0.1, 0.15) is 10.4 Å². The predicted molar refractivity (Wildman–Crippen MR) is 112 cm³/mol. The Morgan fingerprint density at radius 3 is 2.53 bits per heavy atom. The Balaban J connectivity index is 1.32. The van der Waals surface area contributed by atoms with E-state index >= 15 is 0 Å². The van der Waals surface area contributed by atoms with Crippen molar-refractivity contribution in [3.8, 4) is 22.8 Å². The molecule has 0 bridgehead atoms. The summed E-state index contributed by atoms with van der Waals surface area (Å²) in [4.78, 5) is 15.2. The molecule has 2 aliphatic rings. The first-order valence-corrected chi connectivity index (χ1v) is 9.95. The fourth-order valence-electron chi connectivity index (χ4n) is 3.65. The fraction of sp³-hybridized carbons (Fsp3) is 0.273. The normalized spacial score (nSPS) is 15.7. The molecule has 2 aromatic carbocycles. The zero-order valence-electron chi connectivity index (χ0n) is 16.4. The smallest absolute Gasteiger partial charge is 0.259 e. The van der Waals surface area contributed by atoms with Crippen molar-refractivity contribution in [1.82, 2.24) is 10.2 Å². The fourth-order valence-corrected chi connectivity index (χ4v) is 3.65. The number of ether oxygens (including phenoxy) is 3. The predicted octanol–water partition coefficient (Wildman–Crippen LogP) is 2.94. The lowest BCUT2D eigenvalue weighted by Gasteiger charge is -2.28. The summed E-state index contributed by atoms with van der Waals surface area (Å²) in [6.07, 6.45) is 1.53. The largest absolute Gasteiger partial charge is 0.486 e. The minimum absolute atomic E-state index is 0.229. The number of aromatic amines is 1. The number of anilines is 2. The third-order valence-electron chi connectivity index (χ3n) is 5.22. The summed E-state index contributed by atoms with van der Waals surface area (Å²) in [6, 6.07) is 13.4. The van der Waals surface area contributed by atoms with Crippen LogP contribution in [0.2, 0.25) is 0 Å². The topological polar surface area (TPSA) is 88.7 Å². The molecule has 5 rings (SSSR count). The Hall–Kier alpha value is -3.52. The first-order valence-electron chi connectivity index (χ1n) is 9.95. The van der Waals surface area contributed by atoms with E-state index in [0.717, 1.165) is 43.2 Å². The van der Waals surface area contributed by atoms with Crippen LogP contribution in [0.15, 0.2) is 48.7 Å². The molecule has 0 aliphatic carbocycles. The number of nitrogens with zero attached hydrogens (tertiary/aromatic N) is 2. The molecule has 8 nitrogen and oxygen atoms in total. The molecule has 1 amide bonds. The van der Waals surface area contributed by atoms with E-state index in [1.165, 1.54) is 6.20 Å². The lowest BCUT2D eigenvalue weighted by Crippen LogP contribution is -2.36. The Bertz CT molecular complexity index is 1040. The number of H-pyrrole nitrogens is 1. The van der Waals surface area contributed by atoms with Gasteiger partial charge in [-0.1, -0.05) is 0 Å². The number of rotatable bonds is 4. The Morgan fingerprint density at radius 1 is 0.967 bits per heavy atom. The molecule has 0 radical (unpaired) electrons. The summed E-state index contributed by atoms with van der Waals surface area (Å²) < 4.78 is 16.6. The number of carbonyl (C=O) groups excluding carboxylic acids is 1. The van der Waals surface area contributed by atoms with Crippen LogP contribution in [-0.2, 0) is 4.74 Å². The summed E-state index contributed by atoms with van der Waals surface area (Å²) in [5.41, 5.74) is 3.76. The van der Waals surface area contributed by atoms with Crippen LogP contribution in [0, 0.1) is 0 Å². The highest BCUT2D eigenvalue weighted by atomic mass is 16.6. The van der Waals surface area contributed by atoms with E-state index in [1.807, 2.05) is 42.5 Å². The van der Waals surface area contributed by atoms with E-state index in [9.17, 15) is 4.79 Å². The minimum atomic E-state index is -0.229. The van der Waals surface area contributed by atoms with Crippen LogP contribution < -0.4 is 19.7 Å². The van der Waals surface area contributed by atoms with Crippen molar-refractivity contribution in [1.29, 1.82) is 0 Å². The van der Waals surface area contributed by atoms with E-state index < -0.39 is 0 Å². The average Bonchev–Trinajstić information content (AvgIpc) is 3.30. The van der Waals surface area contributed by atoms with Gasteiger partial charge in [0.15, 0.2) is 11.5 Å². The summed E-state index contributed by atoms with van der Waals surface area (Å²) in [5, 5.41) is 9.94. The Labute approximate surface area is 173 Å². The number of aromatic nitrogens is 2. The molecule has 1 fully saturated rings. The second-order valence-electron chi connectivity index (χ2n) is 7.12. The van der Waals surface area contributed by atoms with Crippen LogP contribution in [0.5, 0.6) is 11.5 Å². The van der Waals surface area contributed by atoms with Gasteiger partial charge in [-0.25, -0.2) is 0 Å². The number of morpholine rings is 1. The number of amides is 1. The lowest BCUT2D eigenvalue weighted by atomic mass is 10.1. The van der Waals surface area contributed by atoms with Crippen molar-refractivity contribution < 1.29 is 19.0 Å². The quantitative estimate of drug-likeness (QED) is 0.693. The number of fused-ring (bicyclic) bond motifs is 1. The van der Waals surface area contributed by atoms with Crippen LogP contribution in [0.4, 0.5) is 11.4 Å². The molecule has 0 spiro atoms. The standard InChI is InChI=1S/C22H22N4O4/c27-22(24-16-2-4-17(5-3-16)26-7-9-28-10-8-26)18-14-23-25-21(18)15-1-6-19-20(13-15)30-12-11-29-19/h1-6,13-14H,7-12H2,(H,23,25)(H,24,27). The van der Waals surface area contributed by atoms with Crippen molar-refractivity contribution >= 4 is 17.3 Å². The maximum Gasteiger partial charge on any atom is 0.259 e. The second kappa shape index (κ2) is 8.08. The average molecular weight is 406 g/mol. The molecule has 2 aliphatic heterocycles. The molecule has 30 heavy (non-hydrogen) atoms. The van der Waals surface area contributed by atoms with Gasteiger partial charge in [-0.3, -0.25) is 9.89 Å². The molecule has 0 unspecified atom stereocenters. The van der Waals surface area contributed by atoms with E-state index in [4.69, 9.17) is 14.2 Å². The number of hydrogen-bond donors (Lipinski definition) is 2. The summed E-state index contributed by atoms with van der Waals surface area (Å²) in [5.74, 6) is 1.14. The van der Waals surface area contributed by atoms with E-state index in [1.54, 1.807) is 0 Å². The molecule has 1 aromatic heterocycles. The highest BCUT2D eigenvalue weighted by Crippen LogP contribution is 2.35. The van der Waals surface area contributed by atoms with Gasteiger partial charge in [-0.2, -0.15) is 5.10 Å². The summed E-state index contributed by atoms with van der Waals surface area (Å²) in [7, 11) is 0. The molecule has 2 N–H and O–H groups in total. The number of hydrogen-bond acceptors (Lipinski definition) is 6. The zero-order valence-corrected chi connectivity index (χ0v) is 16.4. The molecule has 1 saturated heterocycles. The third kappa shape index (κ3) is 3.69. The molecule has 3 aromatic rings. The molecule has 8 heteroatoms. The van der Waals surface area contributed by atoms with Gasteiger partial charge < -0.3 is 24.4 Å². The molecule has 0 atom stereocenters. The monoisotopic (exact) mass is 406 g/mol. The van der Waals surface area contributed by atoms with Crippen LogP contribution in [0.25, 0.3) is 11.3 Å². The first-order chi connectivity index (χ1) is 14.8. The third-order valence-corrected chi connectivity index (χ3v) is 5.22. The maximum atomic E-state index is 12.9. The number of nitrogens with one attached hydrogen (secondary N) is 2. The minimum Gasteiger partial charge on any atom is -0.486 e. The van der Waals surface area contributed by atoms with Gasteiger partial charge in [-0.05, 0) is 42.5 Å². The second-order valence-corrected chi connectivity index (χ2v) is 7.12. The SMILES string of the molecule is O=C(Nc1ccc(N2CCOCC2)cc1)c1cn[nH]c1-c1ccc2c(c1)OCCO2. The van der Waals surface area contributed by atoms with Crippen LogP contribution in [0.3, 0.4) is 0 Å². The van der Waals surface area contributed by atoms with E-state index in [2.05, 4.69) is 20.4 Å². The molecular formula is C22H22N4O4. The van der Waals surface area contributed by atoms with Gasteiger partial charge in [0.25, 0.3) is 5.91 Å². The van der Waals surface area contributed by atoms with E-state index in [0.29, 0.717) is 36.0 Å². The summed E-state index contributed by atoms with van der Waals surface area (Å²) >= 11 is 0. The zero-order chi connectivity index (χ0) is 20.3. The van der Waals surface area contributed by atoms with Crippen molar-refractivity contribution in [2.45, 2.75) is 0 Å². The highest BCUT2D eigenvalue weighted by molar-refractivity contribution is 6.08. The Morgan fingerprint density at radius 2 is 1.73 bits per heavy atom. The van der Waals surface area contributed by atoms with Gasteiger partial charge >= 0.3 is 0 Å². The van der Waals surface area contributed by atoms with E-state index in [-0.39, 0.29) is 5.91 Å². The number of benzene rings is 2. The van der Waals surface area contributed by atoms with Crippen molar-refractivity contribution in [2.75, 3.05) is 49.7 Å². The van der Waals surface area contributed by atoms with Gasteiger partial charge in [0.05, 0.1) is 30.7 Å². The van der Waals surface area contributed by atoms with Gasteiger partial charge in [0, 0.05) is 30.0 Å². The number of carbonyl (C=O) groups is 1. The Kier molecular flexibility index (Phi) is 4.98. The molecule has 154 valence electrons. The first kappa shape index (κ1) is 18.5. The van der Waals surface area contributed by atoms with Crippen molar-refractivity contribution in [3.63, 3.8) is 0 Å². The lowest BCUT2D eigenvalue weighted by molar-refractivity contribution is 0.102. The van der Waals surface area contributed by atoms with Crippen LogP contribution in [-0.4, -0.2) is 55.6 Å². The van der Waals surface area contributed by atoms with Gasteiger partial charge in [-0.15, -0.1) is 0 Å². The van der Waals surface area contributed by atoms with Crippen molar-refractivity contribution in [3.05, 3.63) is 54.2 Å². The van der Waals surface area contributed by atoms with Crippen LogP contribution >= 0.6 is 0 Å². The molecule has 0 saturated carbocycles. The van der Waals surface area contributed by atoms with Crippen molar-refractivity contribution in [2.24, 2.45) is 0 Å². The highest BCUT2D eigenvalue weighted by Gasteiger charge is 2.19. The summed E-state index contributed by atoms with van der Waals surface area (Å²) in [6.45, 7) is 4.27. The van der Waals surface area contributed by atoms with Gasteiger partial charge in [0.2, 0.25) is 0 Å². The maximum absolute atomic E-state index is 12.9. The molecular weight excluding hydrogens is 384 g/mol. The van der Waals surface area contributed by atoms with Gasteiger partial charge in [0.1, 0.15) is 13.2 Å². The molecule has 3 heterocycles.